The van der Waals surface area contributed by atoms with Gasteiger partial charge in [-0.1, -0.05) is 12.8 Å². The molecule has 0 aromatic carbocycles. The Labute approximate surface area is 130 Å². The zero-order valence-corrected chi connectivity index (χ0v) is 14.4. The molecule has 1 aromatic rings. The molecule has 1 aliphatic rings. The summed E-state index contributed by atoms with van der Waals surface area (Å²) in [5, 5.41) is 3.58. The van der Waals surface area contributed by atoms with Crippen LogP contribution in [0.15, 0.2) is 12.3 Å². The van der Waals surface area contributed by atoms with Crippen molar-refractivity contribution >= 4 is 5.69 Å². The van der Waals surface area contributed by atoms with Crippen LogP contribution in [0.4, 0.5) is 5.69 Å². The summed E-state index contributed by atoms with van der Waals surface area (Å²) in [6, 6.07) is 2.23. The average Bonchev–Trinajstić information content (AvgIpc) is 2.89. The Morgan fingerprint density at radius 3 is 2.57 bits per heavy atom. The SMILES string of the molecule is Cc1cc(N(C)CC2CCCC2)c(CNC(C)(C)C)cn1. The fourth-order valence-corrected chi connectivity index (χ4v) is 3.10. The predicted molar refractivity (Wildman–Crippen MR) is 90.8 cm³/mol. The van der Waals surface area contributed by atoms with Gasteiger partial charge in [-0.3, -0.25) is 4.98 Å². The number of nitrogens with zero attached hydrogens (tertiary/aromatic N) is 2. The molecule has 3 heteroatoms. The molecule has 0 saturated heterocycles. The van der Waals surface area contributed by atoms with Gasteiger partial charge in [-0.2, -0.15) is 0 Å². The van der Waals surface area contributed by atoms with Crippen LogP contribution in [0.1, 0.15) is 57.7 Å². The molecule has 0 aliphatic heterocycles. The maximum Gasteiger partial charge on any atom is 0.0443 e. The first kappa shape index (κ1) is 16.3. The number of hydrogen-bond acceptors (Lipinski definition) is 3. The zero-order valence-electron chi connectivity index (χ0n) is 14.4. The van der Waals surface area contributed by atoms with Crippen molar-refractivity contribution in [3.05, 3.63) is 23.5 Å². The van der Waals surface area contributed by atoms with E-state index in [9.17, 15) is 0 Å². The van der Waals surface area contributed by atoms with Crippen LogP contribution in [-0.4, -0.2) is 24.1 Å². The van der Waals surface area contributed by atoms with E-state index in [1.54, 1.807) is 0 Å². The molecule has 0 amide bonds. The smallest absolute Gasteiger partial charge is 0.0443 e. The molecule has 0 radical (unpaired) electrons. The number of aryl methyl sites for hydroxylation is 1. The van der Waals surface area contributed by atoms with E-state index < -0.39 is 0 Å². The monoisotopic (exact) mass is 289 g/mol. The van der Waals surface area contributed by atoms with Gasteiger partial charge >= 0.3 is 0 Å². The lowest BCUT2D eigenvalue weighted by Crippen LogP contribution is -2.36. The summed E-state index contributed by atoms with van der Waals surface area (Å²) in [5.41, 5.74) is 3.87. The normalized spacial score (nSPS) is 16.4. The molecule has 0 unspecified atom stereocenters. The molecule has 1 aromatic heterocycles. The van der Waals surface area contributed by atoms with Crippen LogP contribution in [0, 0.1) is 12.8 Å². The molecule has 0 atom stereocenters. The fourth-order valence-electron chi connectivity index (χ4n) is 3.10. The van der Waals surface area contributed by atoms with Gasteiger partial charge in [0.2, 0.25) is 0 Å². The second-order valence-electron chi connectivity index (χ2n) is 7.59. The van der Waals surface area contributed by atoms with Gasteiger partial charge in [-0.15, -0.1) is 0 Å². The van der Waals surface area contributed by atoms with Gasteiger partial charge in [0.1, 0.15) is 0 Å². The molecule has 3 nitrogen and oxygen atoms in total. The molecule has 0 bridgehead atoms. The number of anilines is 1. The third-order valence-corrected chi connectivity index (χ3v) is 4.33. The van der Waals surface area contributed by atoms with Crippen LogP contribution in [0.3, 0.4) is 0 Å². The minimum atomic E-state index is 0.131. The summed E-state index contributed by atoms with van der Waals surface area (Å²) >= 11 is 0. The lowest BCUT2D eigenvalue weighted by atomic mass is 10.1. The molecule has 1 N–H and O–H groups in total. The average molecular weight is 289 g/mol. The van der Waals surface area contributed by atoms with Gasteiger partial charge in [-0.05, 0) is 52.5 Å². The number of nitrogens with one attached hydrogen (secondary N) is 1. The molecule has 0 spiro atoms. The summed E-state index contributed by atoms with van der Waals surface area (Å²) in [6.45, 7) is 10.7. The molecule has 1 heterocycles. The standard InChI is InChI=1S/C18H31N3/c1-14-10-17(21(5)13-15-8-6-7-9-15)16(11-19-14)12-20-18(2,3)4/h10-11,15,20H,6-9,12-13H2,1-5H3. The number of hydrogen-bond donors (Lipinski definition) is 1. The molecule has 1 fully saturated rings. The van der Waals surface area contributed by atoms with Crippen LogP contribution >= 0.6 is 0 Å². The van der Waals surface area contributed by atoms with E-state index in [4.69, 9.17) is 0 Å². The minimum absolute atomic E-state index is 0.131. The van der Waals surface area contributed by atoms with Crippen LogP contribution in [-0.2, 0) is 6.54 Å². The highest BCUT2D eigenvalue weighted by molar-refractivity contribution is 5.53. The Kier molecular flexibility index (Phi) is 5.26. The largest absolute Gasteiger partial charge is 0.374 e. The summed E-state index contributed by atoms with van der Waals surface area (Å²) < 4.78 is 0. The molecular weight excluding hydrogens is 258 g/mol. The van der Waals surface area contributed by atoms with Crippen LogP contribution in [0.5, 0.6) is 0 Å². The van der Waals surface area contributed by atoms with E-state index in [-0.39, 0.29) is 5.54 Å². The Morgan fingerprint density at radius 1 is 1.29 bits per heavy atom. The van der Waals surface area contributed by atoms with Gasteiger partial charge in [0.15, 0.2) is 0 Å². The number of aromatic nitrogens is 1. The summed E-state index contributed by atoms with van der Waals surface area (Å²) in [7, 11) is 2.23. The maximum absolute atomic E-state index is 4.49. The summed E-state index contributed by atoms with van der Waals surface area (Å²) in [4.78, 5) is 6.92. The van der Waals surface area contributed by atoms with Crippen molar-refractivity contribution in [3.8, 4) is 0 Å². The highest BCUT2D eigenvalue weighted by Gasteiger charge is 2.19. The first-order valence-electron chi connectivity index (χ1n) is 8.27. The molecular formula is C18H31N3. The third-order valence-electron chi connectivity index (χ3n) is 4.33. The van der Waals surface area contributed by atoms with Crippen molar-refractivity contribution < 1.29 is 0 Å². The van der Waals surface area contributed by atoms with E-state index >= 15 is 0 Å². The van der Waals surface area contributed by atoms with Crippen molar-refractivity contribution in [1.29, 1.82) is 0 Å². The summed E-state index contributed by atoms with van der Waals surface area (Å²) in [6.07, 6.45) is 7.64. The highest BCUT2D eigenvalue weighted by atomic mass is 15.1. The van der Waals surface area contributed by atoms with E-state index in [2.05, 4.69) is 56.0 Å². The van der Waals surface area contributed by atoms with Crippen molar-refractivity contribution in [2.75, 3.05) is 18.5 Å². The Bertz CT molecular complexity index is 456. The molecule has 1 aliphatic carbocycles. The van der Waals surface area contributed by atoms with Crippen LogP contribution in [0.25, 0.3) is 0 Å². The lowest BCUT2D eigenvalue weighted by Gasteiger charge is -2.27. The maximum atomic E-state index is 4.49. The fraction of sp³-hybridized carbons (Fsp3) is 0.722. The summed E-state index contributed by atoms with van der Waals surface area (Å²) in [5.74, 6) is 0.867. The molecule has 2 rings (SSSR count). The second kappa shape index (κ2) is 6.78. The van der Waals surface area contributed by atoms with E-state index in [0.29, 0.717) is 0 Å². The van der Waals surface area contributed by atoms with Crippen LogP contribution < -0.4 is 10.2 Å². The van der Waals surface area contributed by atoms with E-state index in [1.807, 2.05) is 6.20 Å². The van der Waals surface area contributed by atoms with Crippen molar-refractivity contribution in [1.82, 2.24) is 10.3 Å². The minimum Gasteiger partial charge on any atom is -0.374 e. The van der Waals surface area contributed by atoms with E-state index in [0.717, 1.165) is 18.2 Å². The predicted octanol–water partition coefficient (Wildman–Crippen LogP) is 3.90. The van der Waals surface area contributed by atoms with Gasteiger partial charge in [0.05, 0.1) is 0 Å². The first-order chi connectivity index (χ1) is 9.85. The second-order valence-corrected chi connectivity index (χ2v) is 7.59. The van der Waals surface area contributed by atoms with Gasteiger partial charge in [0, 0.05) is 48.8 Å². The number of pyridine rings is 1. The molecule has 21 heavy (non-hydrogen) atoms. The van der Waals surface area contributed by atoms with Gasteiger partial charge in [-0.25, -0.2) is 0 Å². The molecule has 118 valence electrons. The number of rotatable bonds is 5. The van der Waals surface area contributed by atoms with Crippen molar-refractivity contribution in [2.45, 2.75) is 65.5 Å². The molecule has 1 saturated carbocycles. The van der Waals surface area contributed by atoms with Gasteiger partial charge in [0.25, 0.3) is 0 Å². The van der Waals surface area contributed by atoms with Crippen molar-refractivity contribution in [2.24, 2.45) is 5.92 Å². The topological polar surface area (TPSA) is 28.2 Å². The zero-order chi connectivity index (χ0) is 15.5. The van der Waals surface area contributed by atoms with E-state index in [1.165, 1.54) is 43.5 Å². The van der Waals surface area contributed by atoms with Crippen LogP contribution in [0.2, 0.25) is 0 Å². The first-order valence-corrected chi connectivity index (χ1v) is 8.27. The quantitative estimate of drug-likeness (QED) is 0.891. The highest BCUT2D eigenvalue weighted by Crippen LogP contribution is 2.28. The van der Waals surface area contributed by atoms with Crippen molar-refractivity contribution in [3.63, 3.8) is 0 Å². The lowest BCUT2D eigenvalue weighted by molar-refractivity contribution is 0.423. The van der Waals surface area contributed by atoms with Gasteiger partial charge < -0.3 is 10.2 Å². The Balaban J connectivity index is 2.09. The third kappa shape index (κ3) is 4.99. The Hall–Kier alpha value is -1.09. The Morgan fingerprint density at radius 2 is 1.95 bits per heavy atom.